The first kappa shape index (κ1) is 11.3. The zero-order valence-corrected chi connectivity index (χ0v) is 10.7. The fourth-order valence-electron chi connectivity index (χ4n) is 3.10. The Balaban J connectivity index is 1.56. The van der Waals surface area contributed by atoms with E-state index < -0.39 is 0 Å². The maximum absolute atomic E-state index is 5.90. The van der Waals surface area contributed by atoms with Crippen LogP contribution < -0.4 is 5.73 Å². The van der Waals surface area contributed by atoms with Gasteiger partial charge in [0, 0.05) is 13.1 Å². The molecule has 5 heteroatoms. The first-order valence-electron chi connectivity index (χ1n) is 6.79. The molecule has 2 saturated heterocycles. The molecule has 2 unspecified atom stereocenters. The van der Waals surface area contributed by atoms with Crippen LogP contribution in [-0.4, -0.2) is 35.2 Å². The van der Waals surface area contributed by atoms with Gasteiger partial charge in [0.1, 0.15) is 5.52 Å². The molecule has 2 atom stereocenters. The Morgan fingerprint density at radius 3 is 2.79 bits per heavy atom. The third kappa shape index (κ3) is 1.99. The quantitative estimate of drug-likeness (QED) is 0.833. The minimum absolute atomic E-state index is 0.396. The van der Waals surface area contributed by atoms with Gasteiger partial charge in [0.2, 0.25) is 5.89 Å². The number of nitrogen functional groups attached to an aromatic ring is 1. The molecule has 0 aliphatic carbocycles. The lowest BCUT2D eigenvalue weighted by atomic mass is 10.2. The van der Waals surface area contributed by atoms with Crippen LogP contribution in [0.1, 0.15) is 18.7 Å². The summed E-state index contributed by atoms with van der Waals surface area (Å²) in [4.78, 5) is 6.87. The summed E-state index contributed by atoms with van der Waals surface area (Å²) in [6.45, 7) is 2.69. The zero-order chi connectivity index (χ0) is 12.8. The molecule has 5 nitrogen and oxygen atoms in total. The summed E-state index contributed by atoms with van der Waals surface area (Å²) in [6.07, 6.45) is 3.16. The largest absolute Gasteiger partial charge is 0.439 e. The van der Waals surface area contributed by atoms with Gasteiger partial charge in [-0.3, -0.25) is 4.90 Å². The molecule has 2 aliphatic rings. The molecule has 2 bridgehead atoms. The van der Waals surface area contributed by atoms with E-state index in [1.807, 2.05) is 18.2 Å². The Bertz CT molecular complexity index is 598. The molecular weight excluding hydrogens is 242 g/mol. The van der Waals surface area contributed by atoms with Gasteiger partial charge in [0.05, 0.1) is 24.4 Å². The van der Waals surface area contributed by atoms with E-state index in [2.05, 4.69) is 9.88 Å². The first-order chi connectivity index (χ1) is 9.28. The topological polar surface area (TPSA) is 64.5 Å². The maximum atomic E-state index is 5.90. The molecule has 2 fully saturated rings. The van der Waals surface area contributed by atoms with Gasteiger partial charge in [-0.05, 0) is 25.0 Å². The second-order valence-electron chi connectivity index (χ2n) is 5.45. The Morgan fingerprint density at radius 1 is 1.26 bits per heavy atom. The third-order valence-corrected chi connectivity index (χ3v) is 3.97. The van der Waals surface area contributed by atoms with Crippen LogP contribution >= 0.6 is 0 Å². The van der Waals surface area contributed by atoms with Gasteiger partial charge < -0.3 is 14.9 Å². The lowest BCUT2D eigenvalue weighted by molar-refractivity contribution is -0.0430. The highest BCUT2D eigenvalue weighted by atomic mass is 16.5. The molecule has 0 amide bonds. The summed E-state index contributed by atoms with van der Waals surface area (Å²) < 4.78 is 11.6. The van der Waals surface area contributed by atoms with Crippen molar-refractivity contribution in [2.24, 2.45) is 0 Å². The average Bonchev–Trinajstić information content (AvgIpc) is 2.94. The highest BCUT2D eigenvalue weighted by Crippen LogP contribution is 2.28. The second-order valence-corrected chi connectivity index (χ2v) is 5.45. The molecule has 3 heterocycles. The van der Waals surface area contributed by atoms with Gasteiger partial charge in [-0.25, -0.2) is 4.98 Å². The summed E-state index contributed by atoms with van der Waals surface area (Å²) in [5, 5.41) is 0. The van der Waals surface area contributed by atoms with Gasteiger partial charge in [-0.1, -0.05) is 6.07 Å². The first-order valence-corrected chi connectivity index (χ1v) is 6.79. The minimum atomic E-state index is 0.396. The molecule has 0 spiro atoms. The molecular formula is C14H17N3O2. The molecule has 2 aliphatic heterocycles. The van der Waals surface area contributed by atoms with E-state index >= 15 is 0 Å². The van der Waals surface area contributed by atoms with Crippen molar-refractivity contribution < 1.29 is 9.15 Å². The highest BCUT2D eigenvalue weighted by Gasteiger charge is 2.34. The standard InChI is InChI=1S/C14H17N3O2/c15-11-2-1-3-12-14(11)16-13(19-12)8-17-6-9-4-5-10(7-17)18-9/h1-3,9-10H,4-8,15H2. The molecule has 2 N–H and O–H groups in total. The molecule has 1 aromatic carbocycles. The number of rotatable bonds is 2. The number of benzene rings is 1. The number of nitrogens with two attached hydrogens (primary N) is 1. The number of ether oxygens (including phenoxy) is 1. The molecule has 0 saturated carbocycles. The smallest absolute Gasteiger partial charge is 0.209 e. The van der Waals surface area contributed by atoms with E-state index in [1.165, 1.54) is 12.8 Å². The molecule has 1 aromatic heterocycles. The number of anilines is 1. The van der Waals surface area contributed by atoms with E-state index in [-0.39, 0.29) is 0 Å². The van der Waals surface area contributed by atoms with Crippen molar-refractivity contribution >= 4 is 16.8 Å². The third-order valence-electron chi connectivity index (χ3n) is 3.97. The summed E-state index contributed by atoms with van der Waals surface area (Å²) >= 11 is 0. The number of oxazole rings is 1. The number of nitrogens with zero attached hydrogens (tertiary/aromatic N) is 2. The number of hydrogen-bond acceptors (Lipinski definition) is 5. The molecule has 19 heavy (non-hydrogen) atoms. The van der Waals surface area contributed by atoms with Crippen LogP contribution in [0.5, 0.6) is 0 Å². The normalized spacial score (nSPS) is 27.2. The van der Waals surface area contributed by atoms with Crippen LogP contribution in [0.25, 0.3) is 11.1 Å². The van der Waals surface area contributed by atoms with Crippen molar-refractivity contribution in [2.75, 3.05) is 18.8 Å². The van der Waals surface area contributed by atoms with Crippen LogP contribution in [0.3, 0.4) is 0 Å². The number of hydrogen-bond donors (Lipinski definition) is 1. The number of fused-ring (bicyclic) bond motifs is 3. The second kappa shape index (κ2) is 4.21. The number of likely N-dealkylation sites (tertiary alicyclic amines) is 1. The van der Waals surface area contributed by atoms with Crippen LogP contribution in [0.4, 0.5) is 5.69 Å². The predicted octanol–water partition coefficient (Wildman–Crippen LogP) is 1.77. The predicted molar refractivity (Wildman–Crippen MR) is 71.6 cm³/mol. The van der Waals surface area contributed by atoms with Crippen LogP contribution in [-0.2, 0) is 11.3 Å². The Hall–Kier alpha value is -1.59. The highest BCUT2D eigenvalue weighted by molar-refractivity contribution is 5.85. The van der Waals surface area contributed by atoms with Gasteiger partial charge in [-0.15, -0.1) is 0 Å². The van der Waals surface area contributed by atoms with Crippen LogP contribution in [0.2, 0.25) is 0 Å². The Morgan fingerprint density at radius 2 is 2.05 bits per heavy atom. The van der Waals surface area contributed by atoms with E-state index in [1.54, 1.807) is 0 Å². The Kier molecular flexibility index (Phi) is 2.50. The van der Waals surface area contributed by atoms with Crippen LogP contribution in [0.15, 0.2) is 22.6 Å². The van der Waals surface area contributed by atoms with E-state index in [9.17, 15) is 0 Å². The van der Waals surface area contributed by atoms with Gasteiger partial charge in [-0.2, -0.15) is 0 Å². The zero-order valence-electron chi connectivity index (χ0n) is 10.7. The minimum Gasteiger partial charge on any atom is -0.439 e. The maximum Gasteiger partial charge on any atom is 0.209 e. The van der Waals surface area contributed by atoms with Crippen molar-refractivity contribution in [3.63, 3.8) is 0 Å². The van der Waals surface area contributed by atoms with Gasteiger partial charge in [0.25, 0.3) is 0 Å². The number of para-hydroxylation sites is 1. The SMILES string of the molecule is Nc1cccc2oc(CN3CC4CCC(C3)O4)nc12. The van der Waals surface area contributed by atoms with E-state index in [0.717, 1.165) is 36.6 Å². The van der Waals surface area contributed by atoms with Gasteiger partial charge in [0.15, 0.2) is 5.58 Å². The monoisotopic (exact) mass is 259 g/mol. The van der Waals surface area contributed by atoms with Crippen molar-refractivity contribution in [1.29, 1.82) is 0 Å². The fourth-order valence-corrected chi connectivity index (χ4v) is 3.10. The van der Waals surface area contributed by atoms with E-state index in [4.69, 9.17) is 14.9 Å². The van der Waals surface area contributed by atoms with E-state index in [0.29, 0.717) is 17.9 Å². The summed E-state index contributed by atoms with van der Waals surface area (Å²) in [5.41, 5.74) is 8.12. The van der Waals surface area contributed by atoms with Crippen molar-refractivity contribution in [3.05, 3.63) is 24.1 Å². The summed E-state index contributed by atoms with van der Waals surface area (Å²) in [6, 6.07) is 5.65. The molecule has 2 aromatic rings. The average molecular weight is 259 g/mol. The van der Waals surface area contributed by atoms with Crippen LogP contribution in [0, 0.1) is 0 Å². The van der Waals surface area contributed by atoms with Crippen molar-refractivity contribution in [1.82, 2.24) is 9.88 Å². The molecule has 100 valence electrons. The Labute approximate surface area is 111 Å². The molecule has 4 rings (SSSR count). The van der Waals surface area contributed by atoms with Gasteiger partial charge >= 0.3 is 0 Å². The lowest BCUT2D eigenvalue weighted by Gasteiger charge is -2.30. The summed E-state index contributed by atoms with van der Waals surface area (Å²) in [5.74, 6) is 0.745. The van der Waals surface area contributed by atoms with Crippen molar-refractivity contribution in [2.45, 2.75) is 31.6 Å². The fraction of sp³-hybridized carbons (Fsp3) is 0.500. The lowest BCUT2D eigenvalue weighted by Crippen LogP contribution is -2.42. The molecule has 0 radical (unpaired) electrons. The number of aromatic nitrogens is 1. The summed E-state index contributed by atoms with van der Waals surface area (Å²) in [7, 11) is 0. The number of morpholine rings is 1. The van der Waals surface area contributed by atoms with Crippen molar-refractivity contribution in [3.8, 4) is 0 Å².